The fraction of sp³-hybridized carbons (Fsp3) is 0.120. The van der Waals surface area contributed by atoms with Crippen LogP contribution in [0.25, 0.3) is 0 Å². The van der Waals surface area contributed by atoms with E-state index in [1.54, 1.807) is 0 Å². The molecule has 0 atom stereocenters. The Morgan fingerprint density at radius 1 is 0.704 bits per heavy atom. The minimum atomic E-state index is -0.446. The van der Waals surface area contributed by atoms with Crippen LogP contribution in [0, 0.1) is 0 Å². The normalized spacial score (nSPS) is 12.9. The maximum Gasteiger partial charge on any atom is -0.0134 e. The smallest absolute Gasteiger partial charge is 0.0134 e. The first-order valence-electron chi connectivity index (χ1n) is 9.25. The first-order chi connectivity index (χ1) is 13.3. The summed E-state index contributed by atoms with van der Waals surface area (Å²) in [5, 5.41) is 4.19. The molecule has 0 nitrogen and oxygen atoms in total. The fourth-order valence-electron chi connectivity index (χ4n) is 2.99. The Labute approximate surface area is 172 Å². The van der Waals surface area contributed by atoms with Crippen LogP contribution in [-0.2, 0) is 16.0 Å². The van der Waals surface area contributed by atoms with Gasteiger partial charge in [-0.3, -0.25) is 0 Å². The molecule has 0 spiro atoms. The van der Waals surface area contributed by atoms with Crippen molar-refractivity contribution in [1.82, 2.24) is 0 Å². The number of hydrogen-bond acceptors (Lipinski definition) is 0. The van der Waals surface area contributed by atoms with Crippen LogP contribution in [0.15, 0.2) is 113 Å². The maximum atomic E-state index is 5.18. The molecule has 0 bridgehead atoms. The van der Waals surface area contributed by atoms with E-state index in [1.165, 1.54) is 21.5 Å². The van der Waals surface area contributed by atoms with Crippen molar-refractivity contribution >= 4 is 23.8 Å². The minimum absolute atomic E-state index is 0.446. The molecule has 0 aliphatic heterocycles. The Morgan fingerprint density at radius 3 is 1.37 bits per heavy atom. The van der Waals surface area contributed by atoms with Crippen LogP contribution in [0.4, 0.5) is 0 Å². The topological polar surface area (TPSA) is 0 Å². The summed E-state index contributed by atoms with van der Waals surface area (Å²) in [5.41, 5.74) is 1.34. The molecule has 0 fully saturated rings. The first-order valence-corrected chi connectivity index (χ1v) is 11.1. The van der Waals surface area contributed by atoms with E-state index in [2.05, 4.69) is 110 Å². The molecule has 3 aromatic rings. The van der Waals surface area contributed by atoms with Crippen LogP contribution in [0.3, 0.4) is 0 Å². The van der Waals surface area contributed by atoms with E-state index in [4.69, 9.17) is 16.0 Å². The molecule has 1 aliphatic rings. The molecule has 3 aromatic carbocycles. The molecule has 140 valence electrons. The summed E-state index contributed by atoms with van der Waals surface area (Å²) in [4.78, 5) is 0. The van der Waals surface area contributed by atoms with Gasteiger partial charge in [0.1, 0.15) is 0 Å². The molecular formula is C25H24CuP. The van der Waals surface area contributed by atoms with Crippen molar-refractivity contribution in [2.45, 2.75) is 19.8 Å². The van der Waals surface area contributed by atoms with Crippen LogP contribution < -0.4 is 15.9 Å². The summed E-state index contributed by atoms with van der Waals surface area (Å²) in [6.45, 7) is 2.13. The monoisotopic (exact) mass is 418 g/mol. The van der Waals surface area contributed by atoms with E-state index < -0.39 is 7.92 Å². The van der Waals surface area contributed by atoms with E-state index in [9.17, 15) is 0 Å². The second kappa shape index (κ2) is 10.4. The summed E-state index contributed by atoms with van der Waals surface area (Å²) in [5.74, 6) is 0. The third-order valence-electron chi connectivity index (χ3n) is 4.35. The fourth-order valence-corrected chi connectivity index (χ4v) is 5.65. The Morgan fingerprint density at radius 2 is 1.11 bits per heavy atom. The first kappa shape index (κ1) is 19.8. The van der Waals surface area contributed by atoms with Gasteiger partial charge < -0.3 is 0 Å². The van der Waals surface area contributed by atoms with Gasteiger partial charge in [0, 0.05) is 0 Å². The predicted octanol–water partition coefficient (Wildman–Crippen LogP) is 5.60. The zero-order valence-corrected chi connectivity index (χ0v) is 17.3. The van der Waals surface area contributed by atoms with E-state index in [1.807, 2.05) is 0 Å². The molecule has 1 aliphatic carbocycles. The Balaban J connectivity index is 0.000000221. The van der Waals surface area contributed by atoms with Gasteiger partial charge in [-0.1, -0.05) is 91.0 Å². The Kier molecular flexibility index (Phi) is 7.66. The van der Waals surface area contributed by atoms with Crippen LogP contribution in [-0.4, -0.2) is 0 Å². The molecule has 0 saturated heterocycles. The van der Waals surface area contributed by atoms with E-state index in [0.717, 1.165) is 17.3 Å². The van der Waals surface area contributed by atoms with Gasteiger partial charge in [0.25, 0.3) is 0 Å². The molecule has 0 saturated carbocycles. The Hall–Kier alpha value is -1.91. The van der Waals surface area contributed by atoms with Crippen LogP contribution in [0.1, 0.15) is 19.8 Å². The summed E-state index contributed by atoms with van der Waals surface area (Å²) in [7, 11) is -0.446. The van der Waals surface area contributed by atoms with Gasteiger partial charge in [-0.05, 0) is 23.8 Å². The van der Waals surface area contributed by atoms with Crippen LogP contribution >= 0.6 is 7.92 Å². The summed E-state index contributed by atoms with van der Waals surface area (Å²) in [6, 6.07) is 32.3. The molecule has 0 N–H and O–H groups in total. The van der Waals surface area contributed by atoms with Crippen LogP contribution in [0.2, 0.25) is 0 Å². The molecule has 2 heteroatoms. The molecule has 4 rings (SSSR count). The maximum absolute atomic E-state index is 5.18. The predicted molar refractivity (Wildman–Crippen MR) is 116 cm³/mol. The van der Waals surface area contributed by atoms with E-state index in [-0.39, 0.29) is 0 Å². The van der Waals surface area contributed by atoms with Gasteiger partial charge in [-0.2, -0.15) is 0 Å². The number of benzene rings is 3. The van der Waals surface area contributed by atoms with Gasteiger partial charge in [0.05, 0.1) is 0 Å². The van der Waals surface area contributed by atoms with Gasteiger partial charge >= 0.3 is 58.0 Å². The number of allylic oxidation sites excluding steroid dienone is 4. The van der Waals surface area contributed by atoms with Gasteiger partial charge in [-0.25, -0.2) is 0 Å². The van der Waals surface area contributed by atoms with Gasteiger partial charge in [0.2, 0.25) is 0 Å². The number of rotatable bonds is 4. The summed E-state index contributed by atoms with van der Waals surface area (Å²) >= 11 is 5.18. The van der Waals surface area contributed by atoms with Crippen molar-refractivity contribution in [3.05, 3.63) is 113 Å². The van der Waals surface area contributed by atoms with Crippen molar-refractivity contribution < 1.29 is 16.0 Å². The molecule has 0 amide bonds. The SMILES string of the molecule is CCC1=[C]([Cu])CC=C1.c1ccc(P(c2ccccc2)c2ccccc2)cc1. The zero-order chi connectivity index (χ0) is 18.9. The molecule has 0 radical (unpaired) electrons. The second-order valence-electron chi connectivity index (χ2n) is 6.19. The number of hydrogen-bond donors (Lipinski definition) is 0. The van der Waals surface area contributed by atoms with Crippen molar-refractivity contribution in [2.24, 2.45) is 0 Å². The van der Waals surface area contributed by atoms with E-state index in [0.29, 0.717) is 0 Å². The quantitative estimate of drug-likeness (QED) is 0.382. The standard InChI is InChI=1S/C18H15P.C7H9.Cu/c1-4-10-16(11-5-1)19(17-12-6-2-7-13-17)18-14-8-3-9-15-18;1-2-7-5-3-4-6-7;/h1-15H;3,5H,2,4H2,1H3;. The van der Waals surface area contributed by atoms with Crippen molar-refractivity contribution in [3.8, 4) is 0 Å². The average molecular weight is 419 g/mol. The second-order valence-corrected chi connectivity index (χ2v) is 8.97. The minimum Gasteiger partial charge on any atom is -0.0622 e. The van der Waals surface area contributed by atoms with Crippen molar-refractivity contribution in [1.29, 1.82) is 0 Å². The van der Waals surface area contributed by atoms with Crippen molar-refractivity contribution in [3.63, 3.8) is 0 Å². The third kappa shape index (κ3) is 5.53. The molecule has 27 heavy (non-hydrogen) atoms. The summed E-state index contributed by atoms with van der Waals surface area (Å²) in [6.07, 6.45) is 6.32. The third-order valence-corrected chi connectivity index (χ3v) is 7.29. The molecule has 0 heterocycles. The van der Waals surface area contributed by atoms with Gasteiger partial charge in [0.15, 0.2) is 0 Å². The van der Waals surface area contributed by atoms with E-state index >= 15 is 0 Å². The van der Waals surface area contributed by atoms with Crippen molar-refractivity contribution in [2.75, 3.05) is 0 Å². The van der Waals surface area contributed by atoms with Gasteiger partial charge in [-0.15, -0.1) is 0 Å². The zero-order valence-electron chi connectivity index (χ0n) is 15.5. The Bertz CT molecular complexity index is 789. The average Bonchev–Trinajstić information content (AvgIpc) is 3.16. The largest absolute Gasteiger partial charge is 0.0622 e. The summed E-state index contributed by atoms with van der Waals surface area (Å²) < 4.78 is 1.11. The molecule has 0 unspecified atom stereocenters. The molecular weight excluding hydrogens is 395 g/mol. The van der Waals surface area contributed by atoms with Crippen LogP contribution in [0.5, 0.6) is 0 Å². The molecule has 0 aromatic heterocycles.